The third-order valence-electron chi connectivity index (χ3n) is 5.01. The van der Waals surface area contributed by atoms with Crippen LogP contribution in [0, 0.1) is 0 Å². The van der Waals surface area contributed by atoms with Gasteiger partial charge in [0.25, 0.3) is 5.91 Å². The zero-order chi connectivity index (χ0) is 23.8. The number of carbonyl (C=O) groups is 1. The van der Waals surface area contributed by atoms with E-state index in [0.29, 0.717) is 17.1 Å². The number of carbonyl (C=O) groups excluding carboxylic acids is 1. The number of anilines is 2. The second kappa shape index (κ2) is 8.47. The lowest BCUT2D eigenvalue weighted by Gasteiger charge is -2.19. The van der Waals surface area contributed by atoms with Gasteiger partial charge in [-0.2, -0.15) is 5.10 Å². The van der Waals surface area contributed by atoms with Crippen LogP contribution in [-0.4, -0.2) is 25.7 Å². The van der Waals surface area contributed by atoms with Crippen molar-refractivity contribution < 1.29 is 13.6 Å². The molecule has 4 rings (SSSR count). The summed E-state index contributed by atoms with van der Waals surface area (Å²) in [5, 5.41) is 6.83. The minimum Gasteiger partial charge on any atom is -0.444 e. The first-order valence-electron chi connectivity index (χ1n) is 10.2. The number of rotatable bonds is 5. The molecular formula is C23H24FN7O2. The van der Waals surface area contributed by atoms with Crippen molar-refractivity contribution in [1.29, 1.82) is 0 Å². The minimum absolute atomic E-state index is 0.000966. The third-order valence-corrected chi connectivity index (χ3v) is 5.01. The summed E-state index contributed by atoms with van der Waals surface area (Å²) in [6.45, 7) is 6.34. The topological polar surface area (TPSA) is 138 Å². The number of hydrogen-bond acceptors (Lipinski definition) is 7. The molecule has 33 heavy (non-hydrogen) atoms. The average molecular weight is 449 g/mol. The van der Waals surface area contributed by atoms with Crippen molar-refractivity contribution in [2.24, 2.45) is 5.73 Å². The van der Waals surface area contributed by atoms with Crippen molar-refractivity contribution in [3.05, 3.63) is 72.0 Å². The van der Waals surface area contributed by atoms with Gasteiger partial charge < -0.3 is 15.5 Å². The van der Waals surface area contributed by atoms with Crippen LogP contribution in [0.1, 0.15) is 48.8 Å². The maximum Gasteiger partial charge on any atom is 0.277 e. The fourth-order valence-electron chi connectivity index (χ4n) is 3.21. The van der Waals surface area contributed by atoms with E-state index in [-0.39, 0.29) is 28.4 Å². The smallest absolute Gasteiger partial charge is 0.277 e. The second-order valence-electron chi connectivity index (χ2n) is 8.53. The molecule has 0 bridgehead atoms. The van der Waals surface area contributed by atoms with Crippen LogP contribution in [0.15, 0.2) is 59.5 Å². The van der Waals surface area contributed by atoms with E-state index >= 15 is 0 Å². The molecule has 1 unspecified atom stereocenters. The van der Waals surface area contributed by atoms with E-state index < -0.39 is 12.2 Å². The van der Waals surface area contributed by atoms with Crippen LogP contribution in [0.4, 0.5) is 15.9 Å². The standard InChI is InChI=1S/C23H24FN7O2/c1-23(2,3)14-4-6-15(7-5-14)31-11-16(19(30-31)20(24)26)28-21(32)17-12-33-22(29-17)13-8-9-27-18(25)10-13/h4-12,20H,26H2,1-3H3,(H2,25,27)(H,28,32). The van der Waals surface area contributed by atoms with Gasteiger partial charge in [0.05, 0.1) is 17.6 Å². The van der Waals surface area contributed by atoms with E-state index in [4.69, 9.17) is 15.9 Å². The number of nitrogens with zero attached hydrogens (tertiary/aromatic N) is 4. The first-order chi connectivity index (χ1) is 15.6. The molecule has 1 amide bonds. The lowest BCUT2D eigenvalue weighted by Crippen LogP contribution is -2.15. The van der Waals surface area contributed by atoms with E-state index in [2.05, 4.69) is 41.2 Å². The highest BCUT2D eigenvalue weighted by atomic mass is 19.1. The summed E-state index contributed by atoms with van der Waals surface area (Å²) < 4.78 is 20.9. The summed E-state index contributed by atoms with van der Waals surface area (Å²) in [5.74, 6) is -0.107. The molecule has 1 aromatic carbocycles. The van der Waals surface area contributed by atoms with Crippen LogP contribution < -0.4 is 16.8 Å². The van der Waals surface area contributed by atoms with Crippen LogP contribution in [-0.2, 0) is 5.41 Å². The van der Waals surface area contributed by atoms with Crippen LogP contribution in [0.25, 0.3) is 17.1 Å². The maximum atomic E-state index is 14.1. The zero-order valence-electron chi connectivity index (χ0n) is 18.4. The van der Waals surface area contributed by atoms with Crippen LogP contribution in [0.3, 0.4) is 0 Å². The fraction of sp³-hybridized carbons (Fsp3) is 0.217. The second-order valence-corrected chi connectivity index (χ2v) is 8.53. The fourth-order valence-corrected chi connectivity index (χ4v) is 3.21. The number of amides is 1. The largest absolute Gasteiger partial charge is 0.444 e. The Morgan fingerprint density at radius 2 is 1.94 bits per heavy atom. The molecule has 10 heteroatoms. The van der Waals surface area contributed by atoms with Crippen molar-refractivity contribution in [1.82, 2.24) is 19.7 Å². The first-order valence-corrected chi connectivity index (χ1v) is 10.2. The maximum absolute atomic E-state index is 14.1. The monoisotopic (exact) mass is 449 g/mol. The Balaban J connectivity index is 1.58. The number of hydrogen-bond donors (Lipinski definition) is 3. The predicted molar refractivity (Wildman–Crippen MR) is 122 cm³/mol. The third kappa shape index (κ3) is 4.75. The lowest BCUT2D eigenvalue weighted by atomic mass is 9.87. The Bertz CT molecular complexity index is 1290. The molecule has 5 N–H and O–H groups in total. The van der Waals surface area contributed by atoms with Crippen LogP contribution >= 0.6 is 0 Å². The highest BCUT2D eigenvalue weighted by Gasteiger charge is 2.21. The molecule has 0 aliphatic rings. The number of benzene rings is 1. The molecule has 3 heterocycles. The normalized spacial score (nSPS) is 12.5. The van der Waals surface area contributed by atoms with Crippen LogP contribution in [0.2, 0.25) is 0 Å². The summed E-state index contributed by atoms with van der Waals surface area (Å²) in [5.41, 5.74) is 13.6. The van der Waals surface area contributed by atoms with Gasteiger partial charge in [-0.1, -0.05) is 32.9 Å². The van der Waals surface area contributed by atoms with E-state index in [9.17, 15) is 9.18 Å². The number of nitrogen functional groups attached to an aromatic ring is 1. The van der Waals surface area contributed by atoms with E-state index in [0.717, 1.165) is 5.56 Å². The highest BCUT2D eigenvalue weighted by Crippen LogP contribution is 2.27. The van der Waals surface area contributed by atoms with Gasteiger partial charge in [-0.3, -0.25) is 10.5 Å². The summed E-state index contributed by atoms with van der Waals surface area (Å²) >= 11 is 0. The molecule has 170 valence electrons. The van der Waals surface area contributed by atoms with Gasteiger partial charge in [-0.15, -0.1) is 0 Å². The molecule has 1 atom stereocenters. The molecule has 0 spiro atoms. The van der Waals surface area contributed by atoms with Gasteiger partial charge in [0.15, 0.2) is 12.0 Å². The highest BCUT2D eigenvalue weighted by molar-refractivity contribution is 6.03. The van der Waals surface area contributed by atoms with Gasteiger partial charge in [0.1, 0.15) is 17.8 Å². The first kappa shape index (κ1) is 22.2. The molecule has 0 saturated heterocycles. The van der Waals surface area contributed by atoms with E-state index in [1.165, 1.54) is 23.3 Å². The van der Waals surface area contributed by atoms with Gasteiger partial charge >= 0.3 is 0 Å². The van der Waals surface area contributed by atoms with Crippen molar-refractivity contribution in [3.8, 4) is 17.1 Å². The lowest BCUT2D eigenvalue weighted by molar-refractivity contribution is 0.102. The Labute approximate surface area is 189 Å². The molecule has 0 saturated carbocycles. The van der Waals surface area contributed by atoms with E-state index in [1.807, 2.05) is 24.3 Å². The SMILES string of the molecule is CC(C)(C)c1ccc(-n2cc(NC(=O)c3coc(-c4ccnc(N)c4)n3)c(C(N)F)n2)cc1. The zero-order valence-corrected chi connectivity index (χ0v) is 18.4. The number of halogens is 1. The summed E-state index contributed by atoms with van der Waals surface area (Å²) in [7, 11) is 0. The number of pyridine rings is 1. The Kier molecular flexibility index (Phi) is 5.69. The van der Waals surface area contributed by atoms with Crippen molar-refractivity contribution in [2.45, 2.75) is 32.5 Å². The van der Waals surface area contributed by atoms with Crippen LogP contribution in [0.5, 0.6) is 0 Å². The molecule has 9 nitrogen and oxygen atoms in total. The Hall–Kier alpha value is -4.05. The minimum atomic E-state index is -1.89. The molecular weight excluding hydrogens is 425 g/mol. The predicted octanol–water partition coefficient (Wildman–Crippen LogP) is 3.98. The van der Waals surface area contributed by atoms with Crippen molar-refractivity contribution in [3.63, 3.8) is 0 Å². The molecule has 0 fully saturated rings. The number of alkyl halides is 1. The number of nitrogens with two attached hydrogens (primary N) is 2. The summed E-state index contributed by atoms with van der Waals surface area (Å²) in [6.07, 6.45) is 2.32. The average Bonchev–Trinajstić information content (AvgIpc) is 3.41. The summed E-state index contributed by atoms with van der Waals surface area (Å²) in [6, 6.07) is 10.9. The van der Waals surface area contributed by atoms with Gasteiger partial charge in [0.2, 0.25) is 5.89 Å². The molecule has 3 aromatic heterocycles. The van der Waals surface area contributed by atoms with Crippen molar-refractivity contribution in [2.75, 3.05) is 11.1 Å². The number of aromatic nitrogens is 4. The van der Waals surface area contributed by atoms with Gasteiger partial charge in [-0.05, 0) is 35.2 Å². The molecule has 0 aliphatic heterocycles. The molecule has 0 aliphatic carbocycles. The number of oxazole rings is 1. The van der Waals surface area contributed by atoms with Gasteiger partial charge in [0, 0.05) is 11.8 Å². The van der Waals surface area contributed by atoms with E-state index in [1.54, 1.807) is 12.1 Å². The molecule has 4 aromatic rings. The van der Waals surface area contributed by atoms with Gasteiger partial charge in [-0.25, -0.2) is 19.0 Å². The summed E-state index contributed by atoms with van der Waals surface area (Å²) in [4.78, 5) is 20.8. The van der Waals surface area contributed by atoms with Crippen molar-refractivity contribution >= 4 is 17.4 Å². The Morgan fingerprint density at radius 3 is 2.58 bits per heavy atom. The Morgan fingerprint density at radius 1 is 1.21 bits per heavy atom. The molecule has 0 radical (unpaired) electrons. The quantitative estimate of drug-likeness (QED) is 0.392. The number of nitrogens with one attached hydrogen (secondary N) is 1.